The standard InChI is InChI=1S/C23H17N3O5/c27-23-18-5-1-2-6-19(18)24-22(25(23)14-17-4-3-13-30-17)21-12-11-20(31-21)15-7-9-16(10-8-15)26(28)29/h1-13,22,24H,14H2/t22-/m0/s1. The number of fused-ring (bicyclic) bond motifs is 1. The Morgan fingerprint density at radius 1 is 1.00 bits per heavy atom. The summed E-state index contributed by atoms with van der Waals surface area (Å²) in [7, 11) is 0. The molecule has 1 aliphatic heterocycles. The summed E-state index contributed by atoms with van der Waals surface area (Å²) in [6, 6.07) is 20.6. The highest BCUT2D eigenvalue weighted by Crippen LogP contribution is 2.36. The normalized spacial score (nSPS) is 15.4. The number of nitro benzene ring substituents is 1. The van der Waals surface area contributed by atoms with E-state index in [0.29, 0.717) is 28.4 Å². The zero-order valence-electron chi connectivity index (χ0n) is 16.2. The van der Waals surface area contributed by atoms with Crippen LogP contribution in [0.4, 0.5) is 11.4 Å². The molecule has 154 valence electrons. The number of furan rings is 2. The van der Waals surface area contributed by atoms with Gasteiger partial charge in [0.1, 0.15) is 17.3 Å². The Labute approximate surface area is 176 Å². The van der Waals surface area contributed by atoms with Crippen molar-refractivity contribution in [2.24, 2.45) is 0 Å². The van der Waals surface area contributed by atoms with Crippen molar-refractivity contribution in [1.82, 2.24) is 4.90 Å². The third-order valence-corrected chi connectivity index (χ3v) is 5.19. The first-order valence-electron chi connectivity index (χ1n) is 9.63. The van der Waals surface area contributed by atoms with E-state index in [0.717, 1.165) is 5.69 Å². The summed E-state index contributed by atoms with van der Waals surface area (Å²) in [4.78, 5) is 25.3. The van der Waals surface area contributed by atoms with Gasteiger partial charge < -0.3 is 19.1 Å². The zero-order valence-corrected chi connectivity index (χ0v) is 16.2. The molecular formula is C23H17N3O5. The molecular weight excluding hydrogens is 398 g/mol. The van der Waals surface area contributed by atoms with Crippen LogP contribution in [0.25, 0.3) is 11.3 Å². The molecule has 0 radical (unpaired) electrons. The van der Waals surface area contributed by atoms with E-state index in [4.69, 9.17) is 8.83 Å². The molecule has 0 saturated carbocycles. The minimum atomic E-state index is -0.542. The topological polar surface area (TPSA) is 102 Å². The minimum absolute atomic E-state index is 0.0105. The number of para-hydroxylation sites is 1. The Balaban J connectivity index is 1.50. The molecule has 1 aliphatic rings. The van der Waals surface area contributed by atoms with Crippen LogP contribution < -0.4 is 5.32 Å². The molecule has 2 aromatic heterocycles. The lowest BCUT2D eigenvalue weighted by Gasteiger charge is -2.36. The van der Waals surface area contributed by atoms with Crippen LogP contribution >= 0.6 is 0 Å². The van der Waals surface area contributed by atoms with Gasteiger partial charge in [0.05, 0.1) is 23.3 Å². The lowest BCUT2D eigenvalue weighted by Crippen LogP contribution is -2.42. The third-order valence-electron chi connectivity index (χ3n) is 5.19. The van der Waals surface area contributed by atoms with Gasteiger partial charge in [-0.05, 0) is 48.5 Å². The van der Waals surface area contributed by atoms with E-state index in [1.54, 1.807) is 47.6 Å². The fourth-order valence-corrected chi connectivity index (χ4v) is 3.65. The van der Waals surface area contributed by atoms with Crippen molar-refractivity contribution >= 4 is 17.3 Å². The van der Waals surface area contributed by atoms with Gasteiger partial charge >= 0.3 is 0 Å². The fourth-order valence-electron chi connectivity index (χ4n) is 3.65. The molecule has 1 N–H and O–H groups in total. The molecule has 1 amide bonds. The van der Waals surface area contributed by atoms with E-state index in [9.17, 15) is 14.9 Å². The molecule has 4 aromatic rings. The van der Waals surface area contributed by atoms with E-state index < -0.39 is 11.1 Å². The Kier molecular flexibility index (Phi) is 4.51. The van der Waals surface area contributed by atoms with Crippen LogP contribution in [0.2, 0.25) is 0 Å². The average molecular weight is 415 g/mol. The van der Waals surface area contributed by atoms with Crippen molar-refractivity contribution in [3.05, 3.63) is 106 Å². The quantitative estimate of drug-likeness (QED) is 0.354. The molecule has 31 heavy (non-hydrogen) atoms. The number of hydrogen-bond donors (Lipinski definition) is 1. The lowest BCUT2D eigenvalue weighted by atomic mass is 10.1. The fraction of sp³-hybridized carbons (Fsp3) is 0.0870. The Hall–Kier alpha value is -4.33. The van der Waals surface area contributed by atoms with Gasteiger partial charge in [-0.1, -0.05) is 12.1 Å². The number of amides is 1. The van der Waals surface area contributed by atoms with Gasteiger partial charge in [-0.2, -0.15) is 0 Å². The summed E-state index contributed by atoms with van der Waals surface area (Å²) in [5, 5.41) is 14.3. The van der Waals surface area contributed by atoms with E-state index >= 15 is 0 Å². The molecule has 8 nitrogen and oxygen atoms in total. The Bertz CT molecular complexity index is 1240. The SMILES string of the molecule is O=C1c2ccccc2N[C@H](c2ccc(-c3ccc([N+](=O)[O-])cc3)o2)N1Cc1ccco1. The highest BCUT2D eigenvalue weighted by atomic mass is 16.6. The average Bonchev–Trinajstić information content (AvgIpc) is 3.48. The molecule has 0 fully saturated rings. The molecule has 0 aliphatic carbocycles. The van der Waals surface area contributed by atoms with Crippen LogP contribution in [0.15, 0.2) is 87.9 Å². The second kappa shape index (κ2) is 7.49. The van der Waals surface area contributed by atoms with Gasteiger partial charge in [0.15, 0.2) is 6.17 Å². The van der Waals surface area contributed by atoms with Crippen molar-refractivity contribution in [2.75, 3.05) is 5.32 Å². The van der Waals surface area contributed by atoms with E-state index in [2.05, 4.69) is 5.32 Å². The smallest absolute Gasteiger partial charge is 0.269 e. The van der Waals surface area contributed by atoms with Crippen LogP contribution in [-0.4, -0.2) is 15.7 Å². The van der Waals surface area contributed by atoms with Gasteiger partial charge in [-0.15, -0.1) is 0 Å². The first-order chi connectivity index (χ1) is 15.1. The molecule has 8 heteroatoms. The number of nitrogens with one attached hydrogen (secondary N) is 1. The zero-order chi connectivity index (χ0) is 21.4. The molecule has 1 atom stereocenters. The van der Waals surface area contributed by atoms with E-state index in [-0.39, 0.29) is 18.1 Å². The highest BCUT2D eigenvalue weighted by molar-refractivity contribution is 6.01. The molecule has 5 rings (SSSR count). The highest BCUT2D eigenvalue weighted by Gasteiger charge is 2.35. The molecule has 2 aromatic carbocycles. The number of nitrogens with zero attached hydrogens (tertiary/aromatic N) is 2. The number of carbonyl (C=O) groups is 1. The molecule has 0 bridgehead atoms. The summed E-state index contributed by atoms with van der Waals surface area (Å²) in [6.45, 7) is 0.269. The maximum Gasteiger partial charge on any atom is 0.269 e. The van der Waals surface area contributed by atoms with Crippen LogP contribution in [0, 0.1) is 10.1 Å². The first kappa shape index (κ1) is 18.7. The van der Waals surface area contributed by atoms with Crippen molar-refractivity contribution < 1.29 is 18.6 Å². The molecule has 0 saturated heterocycles. The monoisotopic (exact) mass is 415 g/mol. The van der Waals surface area contributed by atoms with Crippen molar-refractivity contribution in [3.63, 3.8) is 0 Å². The summed E-state index contributed by atoms with van der Waals surface area (Å²) in [5.74, 6) is 1.62. The number of rotatable bonds is 5. The predicted octanol–water partition coefficient (Wildman–Crippen LogP) is 5.21. The van der Waals surface area contributed by atoms with Gasteiger partial charge in [0.25, 0.3) is 11.6 Å². The van der Waals surface area contributed by atoms with Gasteiger partial charge in [0, 0.05) is 23.4 Å². The summed E-state index contributed by atoms with van der Waals surface area (Å²) < 4.78 is 11.5. The summed E-state index contributed by atoms with van der Waals surface area (Å²) >= 11 is 0. The summed E-state index contributed by atoms with van der Waals surface area (Å²) in [5.41, 5.74) is 2.02. The number of non-ortho nitro benzene ring substituents is 1. The number of carbonyl (C=O) groups excluding carboxylic acids is 1. The van der Waals surface area contributed by atoms with Crippen LogP contribution in [-0.2, 0) is 6.54 Å². The molecule has 0 unspecified atom stereocenters. The van der Waals surface area contributed by atoms with Crippen LogP contribution in [0.3, 0.4) is 0 Å². The third kappa shape index (κ3) is 3.44. The minimum Gasteiger partial charge on any atom is -0.467 e. The van der Waals surface area contributed by atoms with Gasteiger partial charge in [-0.25, -0.2) is 0 Å². The lowest BCUT2D eigenvalue weighted by molar-refractivity contribution is -0.384. The largest absolute Gasteiger partial charge is 0.467 e. The number of hydrogen-bond acceptors (Lipinski definition) is 6. The maximum absolute atomic E-state index is 13.2. The molecule has 0 spiro atoms. The summed E-state index contributed by atoms with van der Waals surface area (Å²) in [6.07, 6.45) is 1.03. The second-order valence-electron chi connectivity index (χ2n) is 7.11. The van der Waals surface area contributed by atoms with Gasteiger partial charge in [-0.3, -0.25) is 14.9 Å². The Morgan fingerprint density at radius 3 is 2.55 bits per heavy atom. The van der Waals surface area contributed by atoms with E-state index in [1.165, 1.54) is 12.1 Å². The van der Waals surface area contributed by atoms with Crippen molar-refractivity contribution in [3.8, 4) is 11.3 Å². The maximum atomic E-state index is 13.2. The molecule has 3 heterocycles. The van der Waals surface area contributed by atoms with Crippen LogP contribution in [0.5, 0.6) is 0 Å². The Morgan fingerprint density at radius 2 is 1.81 bits per heavy atom. The van der Waals surface area contributed by atoms with E-state index in [1.807, 2.05) is 24.3 Å². The number of anilines is 1. The van der Waals surface area contributed by atoms with Crippen LogP contribution in [0.1, 0.15) is 28.0 Å². The number of nitro groups is 1. The predicted molar refractivity (Wildman–Crippen MR) is 112 cm³/mol. The van der Waals surface area contributed by atoms with Crippen molar-refractivity contribution in [1.29, 1.82) is 0 Å². The van der Waals surface area contributed by atoms with Crippen molar-refractivity contribution in [2.45, 2.75) is 12.7 Å². The van der Waals surface area contributed by atoms with Gasteiger partial charge in [0.2, 0.25) is 0 Å². The second-order valence-corrected chi connectivity index (χ2v) is 7.11. The number of benzene rings is 2. The first-order valence-corrected chi connectivity index (χ1v) is 9.63.